The van der Waals surface area contributed by atoms with Crippen LogP contribution in [0.2, 0.25) is 0 Å². The second-order valence-electron chi connectivity index (χ2n) is 5.87. The molecule has 138 valence electrons. The van der Waals surface area contributed by atoms with Crippen LogP contribution in [0.3, 0.4) is 0 Å². The molecule has 4 rings (SSSR count). The molecular formula is C18H17FN6OS. The third kappa shape index (κ3) is 3.45. The molecule has 27 heavy (non-hydrogen) atoms. The molecular weight excluding hydrogens is 367 g/mol. The number of amides is 1. The van der Waals surface area contributed by atoms with Crippen molar-refractivity contribution in [3.05, 3.63) is 60.4 Å². The van der Waals surface area contributed by atoms with Gasteiger partial charge in [-0.05, 0) is 37.3 Å². The highest BCUT2D eigenvalue weighted by Crippen LogP contribution is 2.30. The first-order valence-electron chi connectivity index (χ1n) is 8.53. The molecule has 0 atom stereocenters. The summed E-state index contributed by atoms with van der Waals surface area (Å²) in [6.45, 7) is 3.42. The zero-order chi connectivity index (χ0) is 18.8. The number of benzene rings is 1. The Balaban J connectivity index is 1.70. The van der Waals surface area contributed by atoms with Gasteiger partial charge in [-0.2, -0.15) is 10.2 Å². The SMILES string of the molecule is CCn1nccc1C(=O)N(CCn1cccn1)c1nc2ccc(F)cc2s1. The molecule has 0 aliphatic heterocycles. The molecule has 0 fully saturated rings. The minimum atomic E-state index is -0.323. The van der Waals surface area contributed by atoms with Crippen molar-refractivity contribution in [3.8, 4) is 0 Å². The molecule has 0 spiro atoms. The molecule has 0 aliphatic rings. The fourth-order valence-corrected chi connectivity index (χ4v) is 3.84. The number of aryl methyl sites for hydroxylation is 1. The van der Waals surface area contributed by atoms with E-state index in [0.717, 1.165) is 0 Å². The number of anilines is 1. The molecule has 0 N–H and O–H groups in total. The van der Waals surface area contributed by atoms with Crippen molar-refractivity contribution in [1.82, 2.24) is 24.5 Å². The Morgan fingerprint density at radius 1 is 1.26 bits per heavy atom. The molecule has 0 bridgehead atoms. The van der Waals surface area contributed by atoms with Crippen LogP contribution in [0.1, 0.15) is 17.4 Å². The molecule has 0 unspecified atom stereocenters. The van der Waals surface area contributed by atoms with E-state index >= 15 is 0 Å². The van der Waals surface area contributed by atoms with Gasteiger partial charge >= 0.3 is 0 Å². The van der Waals surface area contributed by atoms with Gasteiger partial charge in [0.05, 0.1) is 16.8 Å². The number of nitrogens with zero attached hydrogens (tertiary/aromatic N) is 6. The number of fused-ring (bicyclic) bond motifs is 1. The van der Waals surface area contributed by atoms with Crippen LogP contribution < -0.4 is 4.90 Å². The van der Waals surface area contributed by atoms with Crippen LogP contribution in [0.15, 0.2) is 48.9 Å². The van der Waals surface area contributed by atoms with Crippen molar-refractivity contribution in [2.24, 2.45) is 0 Å². The summed E-state index contributed by atoms with van der Waals surface area (Å²) in [5, 5.41) is 8.89. The summed E-state index contributed by atoms with van der Waals surface area (Å²) in [4.78, 5) is 19.4. The average Bonchev–Trinajstić information content (AvgIpc) is 3.41. The molecule has 7 nitrogen and oxygen atoms in total. The highest BCUT2D eigenvalue weighted by molar-refractivity contribution is 7.22. The minimum absolute atomic E-state index is 0.193. The first-order valence-corrected chi connectivity index (χ1v) is 9.34. The lowest BCUT2D eigenvalue weighted by molar-refractivity contribution is 0.0975. The van der Waals surface area contributed by atoms with E-state index in [1.54, 1.807) is 38.8 Å². The average molecular weight is 384 g/mol. The van der Waals surface area contributed by atoms with Crippen molar-refractivity contribution < 1.29 is 9.18 Å². The van der Waals surface area contributed by atoms with Gasteiger partial charge in [0.15, 0.2) is 5.13 Å². The Morgan fingerprint density at radius 2 is 2.15 bits per heavy atom. The van der Waals surface area contributed by atoms with E-state index < -0.39 is 0 Å². The monoisotopic (exact) mass is 384 g/mol. The number of halogens is 1. The van der Waals surface area contributed by atoms with E-state index in [1.165, 1.54) is 23.5 Å². The van der Waals surface area contributed by atoms with Crippen molar-refractivity contribution in [2.45, 2.75) is 20.0 Å². The number of hydrogen-bond donors (Lipinski definition) is 0. The highest BCUT2D eigenvalue weighted by Gasteiger charge is 2.24. The molecule has 4 aromatic rings. The van der Waals surface area contributed by atoms with E-state index in [4.69, 9.17) is 0 Å². The maximum Gasteiger partial charge on any atom is 0.278 e. The molecule has 0 aliphatic carbocycles. The Labute approximate surface area is 158 Å². The van der Waals surface area contributed by atoms with Crippen LogP contribution in [0, 0.1) is 5.82 Å². The van der Waals surface area contributed by atoms with Gasteiger partial charge in [0, 0.05) is 31.7 Å². The van der Waals surface area contributed by atoms with Gasteiger partial charge in [-0.3, -0.25) is 19.1 Å². The van der Waals surface area contributed by atoms with Crippen LogP contribution in [-0.4, -0.2) is 37.0 Å². The molecule has 1 amide bonds. The van der Waals surface area contributed by atoms with Crippen LogP contribution in [0.5, 0.6) is 0 Å². The molecule has 3 heterocycles. The minimum Gasteiger partial charge on any atom is -0.281 e. The molecule has 0 saturated heterocycles. The number of hydrogen-bond acceptors (Lipinski definition) is 5. The van der Waals surface area contributed by atoms with Crippen molar-refractivity contribution in [1.29, 1.82) is 0 Å². The van der Waals surface area contributed by atoms with Gasteiger partial charge in [0.2, 0.25) is 0 Å². The maximum atomic E-state index is 13.5. The van der Waals surface area contributed by atoms with Gasteiger partial charge in [-0.15, -0.1) is 0 Å². The highest BCUT2D eigenvalue weighted by atomic mass is 32.1. The smallest absolute Gasteiger partial charge is 0.278 e. The second kappa shape index (κ2) is 7.28. The number of carbonyl (C=O) groups excluding carboxylic acids is 1. The standard InChI is InChI=1S/C18H17FN6OS/c1-2-25-15(6-8-21-25)17(26)24(11-10-23-9-3-7-20-23)18-22-14-5-4-13(19)12-16(14)27-18/h3-9,12H,2,10-11H2,1H3. The van der Waals surface area contributed by atoms with Gasteiger partial charge < -0.3 is 0 Å². The normalized spacial score (nSPS) is 11.2. The largest absolute Gasteiger partial charge is 0.281 e. The predicted molar refractivity (Wildman–Crippen MR) is 101 cm³/mol. The lowest BCUT2D eigenvalue weighted by atomic mass is 10.3. The second-order valence-corrected chi connectivity index (χ2v) is 6.88. The summed E-state index contributed by atoms with van der Waals surface area (Å²) >= 11 is 1.29. The summed E-state index contributed by atoms with van der Waals surface area (Å²) in [7, 11) is 0. The Bertz CT molecular complexity index is 1070. The van der Waals surface area contributed by atoms with Crippen LogP contribution in [-0.2, 0) is 13.1 Å². The molecule has 9 heteroatoms. The number of aromatic nitrogens is 5. The summed E-state index contributed by atoms with van der Waals surface area (Å²) in [6, 6.07) is 7.95. The van der Waals surface area contributed by atoms with Gasteiger partial charge in [0.1, 0.15) is 11.5 Å². The summed E-state index contributed by atoms with van der Waals surface area (Å²) in [5.74, 6) is -0.516. The number of rotatable bonds is 6. The lowest BCUT2D eigenvalue weighted by Crippen LogP contribution is -2.35. The van der Waals surface area contributed by atoms with E-state index in [1.807, 2.05) is 19.2 Å². The van der Waals surface area contributed by atoms with E-state index in [-0.39, 0.29) is 11.7 Å². The van der Waals surface area contributed by atoms with Crippen LogP contribution >= 0.6 is 11.3 Å². The lowest BCUT2D eigenvalue weighted by Gasteiger charge is -2.20. The van der Waals surface area contributed by atoms with Crippen LogP contribution in [0.25, 0.3) is 10.2 Å². The summed E-state index contributed by atoms with van der Waals surface area (Å²) in [5.41, 5.74) is 1.15. The fourth-order valence-electron chi connectivity index (χ4n) is 2.83. The Kier molecular flexibility index (Phi) is 4.68. The zero-order valence-corrected chi connectivity index (χ0v) is 15.4. The van der Waals surface area contributed by atoms with E-state index in [9.17, 15) is 9.18 Å². The Morgan fingerprint density at radius 3 is 2.93 bits per heavy atom. The van der Waals surface area contributed by atoms with Gasteiger partial charge in [0.25, 0.3) is 5.91 Å². The van der Waals surface area contributed by atoms with Crippen LogP contribution in [0.4, 0.5) is 9.52 Å². The topological polar surface area (TPSA) is 68.8 Å². The summed E-state index contributed by atoms with van der Waals surface area (Å²) < 4.78 is 17.6. The predicted octanol–water partition coefficient (Wildman–Crippen LogP) is 3.20. The molecule has 0 radical (unpaired) electrons. The van der Waals surface area contributed by atoms with Gasteiger partial charge in [-0.1, -0.05) is 11.3 Å². The number of thiazole rings is 1. The zero-order valence-electron chi connectivity index (χ0n) is 14.6. The summed E-state index contributed by atoms with van der Waals surface area (Å²) in [6.07, 6.45) is 5.14. The third-order valence-electron chi connectivity index (χ3n) is 4.16. The molecule has 0 saturated carbocycles. The fraction of sp³-hybridized carbons (Fsp3) is 0.222. The third-order valence-corrected chi connectivity index (χ3v) is 5.20. The van der Waals surface area contributed by atoms with Crippen molar-refractivity contribution in [3.63, 3.8) is 0 Å². The maximum absolute atomic E-state index is 13.5. The quantitative estimate of drug-likeness (QED) is 0.512. The molecule has 3 aromatic heterocycles. The first kappa shape index (κ1) is 17.3. The van der Waals surface area contributed by atoms with Crippen molar-refractivity contribution >= 4 is 32.6 Å². The van der Waals surface area contributed by atoms with Gasteiger partial charge in [-0.25, -0.2) is 9.37 Å². The van der Waals surface area contributed by atoms with E-state index in [2.05, 4.69) is 15.2 Å². The first-order chi connectivity index (χ1) is 13.2. The van der Waals surface area contributed by atoms with Crippen molar-refractivity contribution in [2.75, 3.05) is 11.4 Å². The van der Waals surface area contributed by atoms with E-state index in [0.29, 0.717) is 40.7 Å². The number of carbonyl (C=O) groups is 1. The Hall–Kier alpha value is -3.07. The molecule has 1 aromatic carbocycles.